The maximum atomic E-state index is 12.5. The van der Waals surface area contributed by atoms with Gasteiger partial charge in [-0.15, -0.1) is 11.3 Å². The van der Waals surface area contributed by atoms with Crippen molar-refractivity contribution in [2.24, 2.45) is 0 Å². The zero-order valence-corrected chi connectivity index (χ0v) is 18.4. The molecule has 1 aliphatic heterocycles. The molecule has 6 nitrogen and oxygen atoms in total. The number of nitrogens with one attached hydrogen (secondary N) is 3. The van der Waals surface area contributed by atoms with Gasteiger partial charge < -0.3 is 24.6 Å². The summed E-state index contributed by atoms with van der Waals surface area (Å²) in [5.41, 5.74) is 1.25. The highest BCUT2D eigenvalue weighted by molar-refractivity contribution is 7.09. The number of benzene rings is 1. The predicted octanol–water partition coefficient (Wildman–Crippen LogP) is -0.204. The van der Waals surface area contributed by atoms with Crippen LogP contribution in [0.15, 0.2) is 35.7 Å². The average molecular weight is 420 g/mol. The molecule has 1 atom stereocenters. The van der Waals surface area contributed by atoms with E-state index in [0.717, 1.165) is 50.6 Å². The van der Waals surface area contributed by atoms with Crippen LogP contribution in [0.25, 0.3) is 0 Å². The Kier molecular flexibility index (Phi) is 7.91. The first-order valence-electron chi connectivity index (χ1n) is 10.3. The van der Waals surface area contributed by atoms with Gasteiger partial charge in [0.2, 0.25) is 0 Å². The zero-order chi connectivity index (χ0) is 20.6. The van der Waals surface area contributed by atoms with Crippen LogP contribution in [-0.2, 0) is 17.8 Å². The number of hydrogen-bond acceptors (Lipinski definition) is 4. The number of methoxy groups -OCH3 is 2. The summed E-state index contributed by atoms with van der Waals surface area (Å²) in [6.45, 7) is 7.90. The van der Waals surface area contributed by atoms with E-state index < -0.39 is 0 Å². The molecule has 0 bridgehead atoms. The summed E-state index contributed by atoms with van der Waals surface area (Å²) in [5.74, 6) is 1.71. The van der Waals surface area contributed by atoms with E-state index in [1.165, 1.54) is 15.3 Å². The molecule has 1 fully saturated rings. The van der Waals surface area contributed by atoms with Gasteiger partial charge in [0, 0.05) is 17.0 Å². The van der Waals surface area contributed by atoms with Gasteiger partial charge in [-0.1, -0.05) is 6.07 Å². The number of carbonyl (C=O) groups excluding carboxylic acids is 1. The van der Waals surface area contributed by atoms with Crippen molar-refractivity contribution in [3.8, 4) is 11.5 Å². The summed E-state index contributed by atoms with van der Waals surface area (Å²) in [6, 6.07) is 10.3. The van der Waals surface area contributed by atoms with Crippen molar-refractivity contribution >= 4 is 17.2 Å². The fourth-order valence-corrected chi connectivity index (χ4v) is 4.62. The van der Waals surface area contributed by atoms with Gasteiger partial charge in [0.15, 0.2) is 17.5 Å². The molecule has 7 heteroatoms. The van der Waals surface area contributed by atoms with Crippen molar-refractivity contribution in [2.45, 2.75) is 25.9 Å². The molecule has 1 aliphatic rings. The molecule has 2 heterocycles. The normalized spacial score (nSPS) is 20.1. The molecular formula is C22H33N3O3S+2. The van der Waals surface area contributed by atoms with Crippen molar-refractivity contribution < 1.29 is 24.1 Å². The van der Waals surface area contributed by atoms with Crippen LogP contribution in [-0.4, -0.2) is 58.9 Å². The second-order valence-electron chi connectivity index (χ2n) is 7.62. The van der Waals surface area contributed by atoms with Gasteiger partial charge in [-0.2, -0.15) is 0 Å². The molecule has 1 aromatic heterocycles. The number of carbonyl (C=O) groups is 1. The molecule has 2 aromatic rings. The van der Waals surface area contributed by atoms with Gasteiger partial charge in [0.05, 0.1) is 14.2 Å². The number of rotatable bonds is 9. The lowest BCUT2D eigenvalue weighted by Gasteiger charge is -2.32. The van der Waals surface area contributed by atoms with Crippen LogP contribution in [0.2, 0.25) is 0 Å². The van der Waals surface area contributed by atoms with Crippen LogP contribution >= 0.6 is 11.3 Å². The van der Waals surface area contributed by atoms with Crippen LogP contribution in [0, 0.1) is 0 Å². The Balaban J connectivity index is 1.42. The Bertz CT molecular complexity index is 774. The number of amides is 1. The Morgan fingerprint density at radius 3 is 2.55 bits per heavy atom. The maximum Gasteiger partial charge on any atom is 0.278 e. The number of quaternary nitrogens is 2. The fourth-order valence-electron chi connectivity index (χ4n) is 3.92. The van der Waals surface area contributed by atoms with E-state index in [1.807, 2.05) is 6.07 Å². The Morgan fingerprint density at radius 1 is 1.14 bits per heavy atom. The molecule has 29 heavy (non-hydrogen) atoms. The van der Waals surface area contributed by atoms with Crippen LogP contribution in [0.4, 0.5) is 0 Å². The topological polar surface area (TPSA) is 56.4 Å². The molecule has 0 unspecified atom stereocenters. The van der Waals surface area contributed by atoms with Crippen LogP contribution < -0.4 is 24.6 Å². The Morgan fingerprint density at radius 2 is 1.90 bits per heavy atom. The molecular weight excluding hydrogens is 386 g/mol. The van der Waals surface area contributed by atoms with Crippen LogP contribution in [0.1, 0.15) is 17.4 Å². The third-order valence-corrected chi connectivity index (χ3v) is 6.69. The van der Waals surface area contributed by atoms with Crippen LogP contribution in [0.5, 0.6) is 11.5 Å². The first-order chi connectivity index (χ1) is 14.1. The monoisotopic (exact) mass is 419 g/mol. The van der Waals surface area contributed by atoms with E-state index in [9.17, 15) is 4.79 Å². The lowest BCUT2D eigenvalue weighted by molar-refractivity contribution is -1.02. The number of hydrogen-bond donors (Lipinski definition) is 3. The lowest BCUT2D eigenvalue weighted by atomic mass is 10.1. The quantitative estimate of drug-likeness (QED) is 0.528. The first-order valence-corrected chi connectivity index (χ1v) is 11.2. The van der Waals surface area contributed by atoms with Crippen molar-refractivity contribution in [2.75, 3.05) is 46.9 Å². The van der Waals surface area contributed by atoms with Gasteiger partial charge in [0.1, 0.15) is 32.7 Å². The molecule has 0 radical (unpaired) electrons. The van der Waals surface area contributed by atoms with E-state index in [0.29, 0.717) is 6.54 Å². The standard InChI is InChI=1S/C22H31N3O3S/c1-17(22(26)23-9-8-19-5-4-14-29-19)25-12-10-24(11-13-25)16-18-6-7-20(27-2)21(15-18)28-3/h4-7,14-15,17H,8-13,16H2,1-3H3,(H,23,26)/p+2/t17-/m1/s1. The first kappa shape index (κ1) is 21.6. The minimum Gasteiger partial charge on any atom is -0.493 e. The van der Waals surface area contributed by atoms with E-state index in [2.05, 4.69) is 41.9 Å². The predicted molar refractivity (Wildman–Crippen MR) is 115 cm³/mol. The molecule has 158 valence electrons. The zero-order valence-electron chi connectivity index (χ0n) is 17.6. The van der Waals surface area contributed by atoms with Crippen LogP contribution in [0.3, 0.4) is 0 Å². The summed E-state index contributed by atoms with van der Waals surface area (Å²) in [7, 11) is 3.33. The second-order valence-corrected chi connectivity index (χ2v) is 8.65. The van der Waals surface area contributed by atoms with Crippen molar-refractivity contribution in [1.29, 1.82) is 0 Å². The molecule has 1 aromatic carbocycles. The van der Waals surface area contributed by atoms with Gasteiger partial charge in [-0.05, 0) is 43.0 Å². The smallest absolute Gasteiger partial charge is 0.278 e. The van der Waals surface area contributed by atoms with E-state index >= 15 is 0 Å². The minimum atomic E-state index is 0.000895. The van der Waals surface area contributed by atoms with Crippen molar-refractivity contribution in [1.82, 2.24) is 5.32 Å². The molecule has 0 aliphatic carbocycles. The average Bonchev–Trinajstić information content (AvgIpc) is 3.27. The van der Waals surface area contributed by atoms with Crippen molar-refractivity contribution in [3.63, 3.8) is 0 Å². The number of thiophene rings is 1. The Hall–Kier alpha value is -2.09. The molecule has 0 saturated carbocycles. The summed E-state index contributed by atoms with van der Waals surface area (Å²) in [4.78, 5) is 16.8. The second kappa shape index (κ2) is 10.6. The third-order valence-electron chi connectivity index (χ3n) is 5.76. The van der Waals surface area contributed by atoms with E-state index in [1.54, 1.807) is 30.5 Å². The summed E-state index contributed by atoms with van der Waals surface area (Å²) in [5, 5.41) is 5.18. The summed E-state index contributed by atoms with van der Waals surface area (Å²) < 4.78 is 10.7. The van der Waals surface area contributed by atoms with Gasteiger partial charge in [-0.3, -0.25) is 4.79 Å². The highest BCUT2D eigenvalue weighted by Crippen LogP contribution is 2.27. The Labute approximate surface area is 177 Å². The SMILES string of the molecule is COc1ccc(C[NH+]2CC[NH+]([C@H](C)C(=O)NCCc3cccs3)CC2)cc1OC. The molecule has 0 spiro atoms. The number of ether oxygens (including phenoxy) is 2. The van der Waals surface area contributed by atoms with Gasteiger partial charge in [0.25, 0.3) is 5.91 Å². The van der Waals surface area contributed by atoms with Gasteiger partial charge >= 0.3 is 0 Å². The summed E-state index contributed by atoms with van der Waals surface area (Å²) >= 11 is 1.74. The summed E-state index contributed by atoms with van der Waals surface area (Å²) in [6.07, 6.45) is 0.911. The van der Waals surface area contributed by atoms with E-state index in [-0.39, 0.29) is 11.9 Å². The maximum absolute atomic E-state index is 12.5. The minimum absolute atomic E-state index is 0.000895. The molecule has 3 rings (SSSR count). The van der Waals surface area contributed by atoms with Crippen molar-refractivity contribution in [3.05, 3.63) is 46.2 Å². The highest BCUT2D eigenvalue weighted by Gasteiger charge is 2.30. The molecule has 3 N–H and O–H groups in total. The third kappa shape index (κ3) is 5.95. The fraction of sp³-hybridized carbons (Fsp3) is 0.500. The van der Waals surface area contributed by atoms with E-state index in [4.69, 9.17) is 9.47 Å². The molecule has 1 amide bonds. The molecule has 1 saturated heterocycles. The lowest BCUT2D eigenvalue weighted by Crippen LogP contribution is -3.29. The largest absolute Gasteiger partial charge is 0.493 e. The highest BCUT2D eigenvalue weighted by atomic mass is 32.1. The van der Waals surface area contributed by atoms with Gasteiger partial charge in [-0.25, -0.2) is 0 Å². The number of piperazine rings is 1.